The number of aliphatic hydroxyl groups is 1. The minimum Gasteiger partial charge on any atom is -0.382 e. The van der Waals surface area contributed by atoms with Gasteiger partial charge in [0, 0.05) is 12.1 Å². The molecule has 1 amide bonds. The second-order valence-corrected chi connectivity index (χ2v) is 5.34. The third kappa shape index (κ3) is 4.41. The first-order chi connectivity index (χ1) is 8.27. The van der Waals surface area contributed by atoms with E-state index in [1.165, 1.54) is 25.7 Å². The molecule has 1 heterocycles. The molecule has 1 saturated heterocycles. The van der Waals surface area contributed by atoms with E-state index < -0.39 is 6.10 Å². The predicted octanol–water partition coefficient (Wildman–Crippen LogP) is 1.36. The Morgan fingerprint density at radius 2 is 1.78 bits per heavy atom. The van der Waals surface area contributed by atoms with Gasteiger partial charge < -0.3 is 15.7 Å². The molecule has 0 bridgehead atoms. The van der Waals surface area contributed by atoms with E-state index in [1.807, 2.05) is 0 Å². The Morgan fingerprint density at radius 3 is 2.33 bits per heavy atom. The predicted molar refractivity (Wildman–Crippen MR) is 73.9 cm³/mol. The lowest BCUT2D eigenvalue weighted by Gasteiger charge is -2.22. The summed E-state index contributed by atoms with van der Waals surface area (Å²) in [4.78, 5) is 11.9. The number of carbonyl (C=O) groups is 1. The van der Waals surface area contributed by atoms with Gasteiger partial charge in [-0.1, -0.05) is 25.7 Å². The molecule has 0 radical (unpaired) electrons. The molecule has 2 unspecified atom stereocenters. The van der Waals surface area contributed by atoms with Crippen LogP contribution in [0.25, 0.3) is 0 Å². The van der Waals surface area contributed by atoms with Gasteiger partial charge in [0.1, 0.15) is 6.10 Å². The van der Waals surface area contributed by atoms with E-state index in [4.69, 9.17) is 0 Å². The number of hydrogen-bond donors (Lipinski definition) is 3. The molecule has 106 valence electrons. The summed E-state index contributed by atoms with van der Waals surface area (Å²) < 4.78 is 0. The largest absolute Gasteiger partial charge is 0.382 e. The van der Waals surface area contributed by atoms with E-state index in [-0.39, 0.29) is 30.4 Å². The molecular weight excluding hydrogens is 252 g/mol. The molecule has 2 aliphatic rings. The maximum Gasteiger partial charge on any atom is 0.250 e. The van der Waals surface area contributed by atoms with Crippen molar-refractivity contribution >= 4 is 18.3 Å². The third-order valence-corrected chi connectivity index (χ3v) is 3.95. The van der Waals surface area contributed by atoms with Gasteiger partial charge in [-0.15, -0.1) is 12.4 Å². The van der Waals surface area contributed by atoms with Crippen LogP contribution in [-0.2, 0) is 4.79 Å². The molecule has 1 aliphatic carbocycles. The second kappa shape index (κ2) is 7.97. The maximum absolute atomic E-state index is 11.9. The zero-order chi connectivity index (χ0) is 12.1. The number of hydrogen-bond acceptors (Lipinski definition) is 3. The molecule has 3 N–H and O–H groups in total. The second-order valence-electron chi connectivity index (χ2n) is 5.34. The number of halogens is 1. The highest BCUT2D eigenvalue weighted by Crippen LogP contribution is 2.18. The van der Waals surface area contributed by atoms with Crippen molar-refractivity contribution in [3.05, 3.63) is 0 Å². The lowest BCUT2D eigenvalue weighted by atomic mass is 10.1. The fourth-order valence-electron chi connectivity index (χ4n) is 2.87. The highest BCUT2D eigenvalue weighted by atomic mass is 35.5. The topological polar surface area (TPSA) is 61.4 Å². The van der Waals surface area contributed by atoms with Crippen molar-refractivity contribution in [2.45, 2.75) is 69.6 Å². The van der Waals surface area contributed by atoms with Gasteiger partial charge in [0.15, 0.2) is 0 Å². The number of aliphatic hydroxyl groups excluding tert-OH is 1. The molecule has 2 fully saturated rings. The van der Waals surface area contributed by atoms with Crippen LogP contribution in [0, 0.1) is 0 Å². The summed E-state index contributed by atoms with van der Waals surface area (Å²) in [6.07, 6.45) is 8.16. The van der Waals surface area contributed by atoms with E-state index in [1.54, 1.807) is 0 Å². The zero-order valence-electron chi connectivity index (χ0n) is 10.9. The van der Waals surface area contributed by atoms with Crippen LogP contribution in [-0.4, -0.2) is 35.7 Å². The summed E-state index contributed by atoms with van der Waals surface area (Å²) in [7, 11) is 0. The summed E-state index contributed by atoms with van der Waals surface area (Å²) >= 11 is 0. The van der Waals surface area contributed by atoms with Crippen LogP contribution in [0.15, 0.2) is 0 Å². The van der Waals surface area contributed by atoms with Gasteiger partial charge >= 0.3 is 0 Å². The van der Waals surface area contributed by atoms with E-state index in [2.05, 4.69) is 10.6 Å². The maximum atomic E-state index is 11.9. The third-order valence-electron chi connectivity index (χ3n) is 3.95. The first kappa shape index (κ1) is 15.7. The van der Waals surface area contributed by atoms with Crippen molar-refractivity contribution in [1.29, 1.82) is 0 Å². The van der Waals surface area contributed by atoms with Gasteiger partial charge in [-0.25, -0.2) is 0 Å². The van der Waals surface area contributed by atoms with Crippen LogP contribution >= 0.6 is 12.4 Å². The quantitative estimate of drug-likeness (QED) is 0.682. The standard InChI is InChI=1S/C13H24N2O2.ClH/c16-12(11-8-5-9-14-11)13(17)15-10-6-3-1-2-4-7-10;/h10-12,14,16H,1-9H2,(H,15,17);1H. The molecule has 4 nitrogen and oxygen atoms in total. The van der Waals surface area contributed by atoms with Crippen molar-refractivity contribution in [3.8, 4) is 0 Å². The van der Waals surface area contributed by atoms with Crippen LogP contribution in [0.4, 0.5) is 0 Å². The first-order valence-corrected chi connectivity index (χ1v) is 6.99. The summed E-state index contributed by atoms with van der Waals surface area (Å²) in [6.45, 7) is 0.915. The van der Waals surface area contributed by atoms with Crippen LogP contribution in [0.3, 0.4) is 0 Å². The number of nitrogens with one attached hydrogen (secondary N) is 2. The Labute approximate surface area is 115 Å². The molecule has 0 aromatic carbocycles. The van der Waals surface area contributed by atoms with Crippen LogP contribution < -0.4 is 10.6 Å². The Kier molecular flexibility index (Phi) is 6.97. The van der Waals surface area contributed by atoms with E-state index in [0.717, 1.165) is 32.2 Å². The average Bonchev–Trinajstić information content (AvgIpc) is 2.74. The van der Waals surface area contributed by atoms with Crippen molar-refractivity contribution in [2.75, 3.05) is 6.54 Å². The van der Waals surface area contributed by atoms with Gasteiger partial charge in [0.05, 0.1) is 0 Å². The Morgan fingerprint density at radius 1 is 1.11 bits per heavy atom. The number of rotatable bonds is 3. The number of carbonyl (C=O) groups excluding carboxylic acids is 1. The Hall–Kier alpha value is -0.320. The van der Waals surface area contributed by atoms with E-state index in [0.29, 0.717) is 0 Å². The summed E-state index contributed by atoms with van der Waals surface area (Å²) in [5, 5.41) is 16.1. The lowest BCUT2D eigenvalue weighted by Crippen LogP contribution is -2.49. The van der Waals surface area contributed by atoms with E-state index >= 15 is 0 Å². The Balaban J connectivity index is 0.00000162. The molecule has 0 aromatic rings. The van der Waals surface area contributed by atoms with Gasteiger partial charge in [-0.05, 0) is 32.2 Å². The fourth-order valence-corrected chi connectivity index (χ4v) is 2.87. The Bertz CT molecular complexity index is 249. The molecule has 5 heteroatoms. The van der Waals surface area contributed by atoms with Gasteiger partial charge in [-0.3, -0.25) is 4.79 Å². The summed E-state index contributed by atoms with van der Waals surface area (Å²) in [5.41, 5.74) is 0. The van der Waals surface area contributed by atoms with Crippen molar-refractivity contribution in [3.63, 3.8) is 0 Å². The normalized spacial score (nSPS) is 27.1. The average molecular weight is 277 g/mol. The van der Waals surface area contributed by atoms with Crippen molar-refractivity contribution in [1.82, 2.24) is 10.6 Å². The van der Waals surface area contributed by atoms with Crippen molar-refractivity contribution in [2.24, 2.45) is 0 Å². The summed E-state index contributed by atoms with van der Waals surface area (Å²) in [6, 6.07) is 0.238. The minimum absolute atomic E-state index is 0. The van der Waals surface area contributed by atoms with Crippen LogP contribution in [0.1, 0.15) is 51.4 Å². The highest BCUT2D eigenvalue weighted by molar-refractivity contribution is 5.85. The van der Waals surface area contributed by atoms with Crippen LogP contribution in [0.5, 0.6) is 0 Å². The molecule has 1 saturated carbocycles. The van der Waals surface area contributed by atoms with Crippen molar-refractivity contribution < 1.29 is 9.90 Å². The lowest BCUT2D eigenvalue weighted by molar-refractivity contribution is -0.131. The monoisotopic (exact) mass is 276 g/mol. The van der Waals surface area contributed by atoms with Gasteiger partial charge in [0.25, 0.3) is 5.91 Å². The first-order valence-electron chi connectivity index (χ1n) is 6.99. The van der Waals surface area contributed by atoms with Crippen LogP contribution in [0.2, 0.25) is 0 Å². The van der Waals surface area contributed by atoms with E-state index in [9.17, 15) is 9.90 Å². The molecule has 1 aliphatic heterocycles. The molecule has 2 rings (SSSR count). The molecule has 2 atom stereocenters. The molecule has 18 heavy (non-hydrogen) atoms. The smallest absolute Gasteiger partial charge is 0.250 e. The summed E-state index contributed by atoms with van der Waals surface area (Å²) in [5.74, 6) is -0.184. The molecule has 0 aromatic heterocycles. The molecule has 0 spiro atoms. The highest BCUT2D eigenvalue weighted by Gasteiger charge is 2.29. The number of amides is 1. The van der Waals surface area contributed by atoms with Gasteiger partial charge in [-0.2, -0.15) is 0 Å². The fraction of sp³-hybridized carbons (Fsp3) is 0.923. The van der Waals surface area contributed by atoms with Gasteiger partial charge in [0.2, 0.25) is 0 Å². The SMILES string of the molecule is Cl.O=C(NC1CCCCCC1)C(O)C1CCCN1. The molecular formula is C13H25ClN2O2. The minimum atomic E-state index is -0.874. The zero-order valence-corrected chi connectivity index (χ0v) is 11.7.